The first-order valence-corrected chi connectivity index (χ1v) is 13.6. The number of aliphatic hydroxyl groups is 1. The van der Waals surface area contributed by atoms with Crippen molar-refractivity contribution in [2.45, 2.75) is 78.3 Å². The van der Waals surface area contributed by atoms with Gasteiger partial charge in [-0.3, -0.25) is 9.69 Å². The normalized spacial score (nSPS) is 16.8. The van der Waals surface area contributed by atoms with Crippen LogP contribution in [0.3, 0.4) is 0 Å². The lowest BCUT2D eigenvalue weighted by Gasteiger charge is -2.26. The third-order valence-corrected chi connectivity index (χ3v) is 7.18. The topological polar surface area (TPSA) is 95.8 Å². The second-order valence-corrected chi connectivity index (χ2v) is 11.4. The van der Waals surface area contributed by atoms with Crippen molar-refractivity contribution in [3.8, 4) is 11.3 Å². The molecule has 1 fully saturated rings. The summed E-state index contributed by atoms with van der Waals surface area (Å²) in [5, 5.41) is 17.2. The number of benzene rings is 2. The maximum absolute atomic E-state index is 13.6. The first-order chi connectivity index (χ1) is 18.1. The van der Waals surface area contributed by atoms with Gasteiger partial charge in [-0.25, -0.2) is 9.36 Å². The van der Waals surface area contributed by atoms with E-state index in [1.54, 1.807) is 4.57 Å². The van der Waals surface area contributed by atoms with Gasteiger partial charge in [-0.2, -0.15) is 0 Å². The zero-order valence-electron chi connectivity index (χ0n) is 22.8. The highest BCUT2D eigenvalue weighted by Crippen LogP contribution is 2.37. The Hall–Kier alpha value is -3.36. The Bertz CT molecular complexity index is 1360. The van der Waals surface area contributed by atoms with Crippen LogP contribution in [0.4, 0.5) is 10.5 Å². The molecule has 3 heterocycles. The Labute approximate surface area is 224 Å². The number of likely N-dealkylation sites (tertiary alicyclic amines) is 1. The Kier molecular flexibility index (Phi) is 7.20. The van der Waals surface area contributed by atoms with Crippen LogP contribution >= 0.6 is 0 Å². The minimum atomic E-state index is -0.722. The van der Waals surface area contributed by atoms with E-state index in [9.17, 15) is 14.7 Å². The molecule has 38 heavy (non-hydrogen) atoms. The molecule has 1 atom stereocenters. The van der Waals surface area contributed by atoms with E-state index in [-0.39, 0.29) is 5.91 Å². The van der Waals surface area contributed by atoms with E-state index in [1.807, 2.05) is 52.0 Å². The minimum absolute atomic E-state index is 0.177. The molecule has 1 unspecified atom stereocenters. The quantitative estimate of drug-likeness (QED) is 0.375. The smallest absolute Gasteiger partial charge is 0.419 e. The Morgan fingerprint density at radius 1 is 1.13 bits per heavy atom. The number of fused-ring (bicyclic) bond motifs is 2. The third kappa shape index (κ3) is 5.42. The summed E-state index contributed by atoms with van der Waals surface area (Å²) < 4.78 is 7.40. The largest absolute Gasteiger partial charge is 0.443 e. The molecule has 1 amide bonds. The minimum Gasteiger partial charge on any atom is -0.443 e. The predicted octanol–water partition coefficient (Wildman–Crippen LogP) is 5.46. The number of amides is 1. The van der Waals surface area contributed by atoms with E-state index in [0.29, 0.717) is 35.5 Å². The summed E-state index contributed by atoms with van der Waals surface area (Å²) in [7, 11) is 0. The van der Waals surface area contributed by atoms with Gasteiger partial charge in [0.2, 0.25) is 0 Å². The van der Waals surface area contributed by atoms with Crippen molar-refractivity contribution < 1.29 is 19.4 Å². The molecular weight excluding hydrogens is 480 g/mol. The van der Waals surface area contributed by atoms with Gasteiger partial charge in [-0.1, -0.05) is 19.4 Å². The van der Waals surface area contributed by atoms with Gasteiger partial charge in [-0.05, 0) is 94.6 Å². The van der Waals surface area contributed by atoms with Crippen molar-refractivity contribution in [3.63, 3.8) is 0 Å². The number of nitrogens with one attached hydrogen (secondary N) is 2. The number of piperidine rings is 1. The van der Waals surface area contributed by atoms with Crippen molar-refractivity contribution in [2.24, 2.45) is 0 Å². The van der Waals surface area contributed by atoms with Crippen molar-refractivity contribution >= 4 is 28.6 Å². The third-order valence-electron chi connectivity index (χ3n) is 7.18. The molecule has 2 aliphatic heterocycles. The number of hydrogen-bond acceptors (Lipinski definition) is 6. The summed E-state index contributed by atoms with van der Waals surface area (Å²) in [4.78, 5) is 29.0. The summed E-state index contributed by atoms with van der Waals surface area (Å²) in [6.07, 6.45) is 3.06. The first-order valence-electron chi connectivity index (χ1n) is 13.6. The number of carbonyl (C=O) groups is 2. The van der Waals surface area contributed by atoms with Gasteiger partial charge in [-0.15, -0.1) is 0 Å². The van der Waals surface area contributed by atoms with Gasteiger partial charge in [0.05, 0.1) is 16.8 Å². The van der Waals surface area contributed by atoms with E-state index >= 15 is 0 Å². The molecule has 1 saturated heterocycles. The van der Waals surface area contributed by atoms with E-state index in [2.05, 4.69) is 27.7 Å². The Morgan fingerprint density at radius 3 is 2.61 bits per heavy atom. The van der Waals surface area contributed by atoms with Gasteiger partial charge < -0.3 is 20.5 Å². The van der Waals surface area contributed by atoms with Crippen molar-refractivity contribution in [1.29, 1.82) is 0 Å². The lowest BCUT2D eigenvalue weighted by Crippen LogP contribution is -2.29. The van der Waals surface area contributed by atoms with Gasteiger partial charge >= 0.3 is 6.09 Å². The molecule has 0 spiro atoms. The van der Waals surface area contributed by atoms with Crippen LogP contribution in [0.2, 0.25) is 0 Å². The lowest BCUT2D eigenvalue weighted by molar-refractivity contribution is 0.0547. The molecule has 5 rings (SSSR count). The molecule has 2 aromatic carbocycles. The Balaban J connectivity index is 1.65. The lowest BCUT2D eigenvalue weighted by atomic mass is 9.98. The van der Waals surface area contributed by atoms with Crippen LogP contribution in [-0.4, -0.2) is 51.5 Å². The number of ether oxygens (including phenoxy) is 1. The van der Waals surface area contributed by atoms with Crippen LogP contribution in [0.5, 0.6) is 0 Å². The van der Waals surface area contributed by atoms with E-state index in [4.69, 9.17) is 4.74 Å². The molecule has 8 heteroatoms. The zero-order chi connectivity index (χ0) is 27.0. The van der Waals surface area contributed by atoms with Gasteiger partial charge in [0, 0.05) is 29.7 Å². The summed E-state index contributed by atoms with van der Waals surface area (Å²) in [5.41, 5.74) is 4.51. The number of hydrogen-bond donors (Lipinski definition) is 3. The highest BCUT2D eigenvalue weighted by molar-refractivity contribution is 6.07. The molecule has 202 valence electrons. The van der Waals surface area contributed by atoms with Crippen LogP contribution in [0.1, 0.15) is 74.9 Å². The average Bonchev–Trinajstić information content (AvgIpc) is 3.43. The van der Waals surface area contributed by atoms with E-state index in [0.717, 1.165) is 36.1 Å². The van der Waals surface area contributed by atoms with Crippen LogP contribution in [0.25, 0.3) is 22.2 Å². The maximum Gasteiger partial charge on any atom is 0.419 e. The molecule has 3 N–H and O–H groups in total. The fourth-order valence-electron chi connectivity index (χ4n) is 5.39. The summed E-state index contributed by atoms with van der Waals surface area (Å²) in [6, 6.07) is 11.9. The van der Waals surface area contributed by atoms with Crippen LogP contribution in [0, 0.1) is 0 Å². The number of carbonyl (C=O) groups excluding carboxylic acids is 2. The van der Waals surface area contributed by atoms with E-state index in [1.165, 1.54) is 24.8 Å². The highest BCUT2D eigenvalue weighted by atomic mass is 16.6. The van der Waals surface area contributed by atoms with Crippen LogP contribution in [0.15, 0.2) is 36.4 Å². The molecule has 0 aliphatic carbocycles. The second kappa shape index (κ2) is 10.4. The number of anilines is 1. The molecule has 0 bridgehead atoms. The monoisotopic (exact) mass is 518 g/mol. The number of nitrogens with zero attached hydrogens (tertiary/aromatic N) is 2. The first kappa shape index (κ1) is 26.3. The zero-order valence-corrected chi connectivity index (χ0v) is 22.8. The summed E-state index contributed by atoms with van der Waals surface area (Å²) >= 11 is 0. The Morgan fingerprint density at radius 2 is 1.89 bits per heavy atom. The molecule has 3 aromatic rings. The average molecular weight is 519 g/mol. The highest BCUT2D eigenvalue weighted by Gasteiger charge is 2.29. The molecule has 0 saturated carbocycles. The fraction of sp³-hybridized carbons (Fsp3) is 0.467. The van der Waals surface area contributed by atoms with Gasteiger partial charge in [0.15, 0.2) is 0 Å². The number of rotatable bonds is 6. The molecule has 8 nitrogen and oxygen atoms in total. The predicted molar refractivity (Wildman–Crippen MR) is 149 cm³/mol. The summed E-state index contributed by atoms with van der Waals surface area (Å²) in [5.74, 6) is -0.177. The van der Waals surface area contributed by atoms with Crippen LogP contribution in [-0.2, 0) is 17.8 Å². The molecule has 2 aliphatic rings. The second-order valence-electron chi connectivity index (χ2n) is 11.4. The number of aromatic nitrogens is 1. The molecular formula is C30H38N4O4. The fourth-order valence-corrected chi connectivity index (χ4v) is 5.39. The van der Waals surface area contributed by atoms with E-state index < -0.39 is 17.9 Å². The molecule has 0 radical (unpaired) electrons. The maximum atomic E-state index is 13.6. The SMILES string of the molecule is CCC(O)Nc1cc2c(c(-c3cc4cc(CN5CCCCC5)ccc4n3C(=O)OC(C)(C)C)c1)C(=O)NC2. The van der Waals surface area contributed by atoms with Gasteiger partial charge in [0.25, 0.3) is 5.91 Å². The van der Waals surface area contributed by atoms with Crippen molar-refractivity contribution in [2.75, 3.05) is 18.4 Å². The van der Waals surface area contributed by atoms with Crippen LogP contribution < -0.4 is 10.6 Å². The standard InChI is InChI=1S/C30H38N4O4/c1-5-26(35)32-22-14-21-17-31-28(36)27(21)23(16-22)25-15-20-13-19(18-33-11-7-6-8-12-33)9-10-24(20)34(25)29(37)38-30(2,3)4/h9-10,13-16,26,32,35H,5-8,11-12,17-18H2,1-4H3,(H,31,36). The molecule has 1 aromatic heterocycles. The summed E-state index contributed by atoms with van der Waals surface area (Å²) in [6.45, 7) is 10.9. The number of aliphatic hydroxyl groups excluding tert-OH is 1. The van der Waals surface area contributed by atoms with Crippen molar-refractivity contribution in [1.82, 2.24) is 14.8 Å². The van der Waals surface area contributed by atoms with Gasteiger partial charge in [0.1, 0.15) is 11.8 Å². The van der Waals surface area contributed by atoms with Crippen molar-refractivity contribution in [3.05, 3.63) is 53.1 Å².